The normalized spacial score (nSPS) is 25.9. The van der Waals surface area contributed by atoms with E-state index >= 15 is 0 Å². The molecule has 0 spiro atoms. The number of hydrogen-bond acceptors (Lipinski definition) is 3. The van der Waals surface area contributed by atoms with Crippen molar-refractivity contribution in [2.75, 3.05) is 26.7 Å². The zero-order valence-corrected chi connectivity index (χ0v) is 9.32. The second-order valence-corrected chi connectivity index (χ2v) is 4.57. The summed E-state index contributed by atoms with van der Waals surface area (Å²) < 4.78 is 0. The van der Waals surface area contributed by atoms with E-state index in [4.69, 9.17) is 0 Å². The minimum Gasteiger partial charge on any atom is -0.388 e. The molecule has 3 heteroatoms. The lowest BCUT2D eigenvalue weighted by molar-refractivity contribution is 0.0898. The lowest BCUT2D eigenvalue weighted by atomic mass is 9.87. The minimum absolute atomic E-state index is 0.254. The molecule has 1 saturated heterocycles. The summed E-state index contributed by atoms with van der Waals surface area (Å²) in [6.45, 7) is 3.01. The number of nitrogens with zero attached hydrogens (tertiary/aromatic N) is 1. The third kappa shape index (κ3) is 2.61. The summed E-state index contributed by atoms with van der Waals surface area (Å²) in [6.07, 6.45) is 7.90. The summed E-state index contributed by atoms with van der Waals surface area (Å²) in [5, 5.41) is 13.4. The molecule has 15 heavy (non-hydrogen) atoms. The van der Waals surface area contributed by atoms with E-state index in [0.717, 1.165) is 38.0 Å². The fourth-order valence-electron chi connectivity index (χ4n) is 2.33. The maximum Gasteiger partial charge on any atom is 0.0799 e. The van der Waals surface area contributed by atoms with Gasteiger partial charge in [0.1, 0.15) is 0 Å². The molecule has 1 fully saturated rings. The fraction of sp³-hybridized carbons (Fsp3) is 0.667. The molecule has 0 bridgehead atoms. The Morgan fingerprint density at radius 2 is 2.20 bits per heavy atom. The molecule has 84 valence electrons. The van der Waals surface area contributed by atoms with Crippen molar-refractivity contribution < 1.29 is 5.11 Å². The van der Waals surface area contributed by atoms with Crippen molar-refractivity contribution in [3.63, 3.8) is 0 Å². The van der Waals surface area contributed by atoms with E-state index in [1.165, 1.54) is 0 Å². The molecule has 1 unspecified atom stereocenters. The first kappa shape index (κ1) is 10.7. The second-order valence-electron chi connectivity index (χ2n) is 4.57. The molecule has 1 atom stereocenters. The Morgan fingerprint density at radius 1 is 1.47 bits per heavy atom. The first-order valence-corrected chi connectivity index (χ1v) is 5.73. The van der Waals surface area contributed by atoms with Crippen LogP contribution in [-0.2, 0) is 0 Å². The number of piperidine rings is 1. The maximum atomic E-state index is 10.2. The second kappa shape index (κ2) is 4.81. The summed E-state index contributed by atoms with van der Waals surface area (Å²) in [5.41, 5.74) is 1.13. The predicted octanol–water partition coefficient (Wildman–Crippen LogP) is 0.732. The van der Waals surface area contributed by atoms with Gasteiger partial charge in [-0.25, -0.2) is 0 Å². The smallest absolute Gasteiger partial charge is 0.0799 e. The van der Waals surface area contributed by atoms with Gasteiger partial charge >= 0.3 is 0 Å². The van der Waals surface area contributed by atoms with E-state index in [1.807, 2.05) is 18.4 Å². The Labute approximate surface area is 91.5 Å². The third-order valence-electron chi connectivity index (χ3n) is 3.42. The van der Waals surface area contributed by atoms with Crippen LogP contribution in [0.1, 0.15) is 12.8 Å². The van der Waals surface area contributed by atoms with Crippen LogP contribution in [0.15, 0.2) is 23.9 Å². The van der Waals surface area contributed by atoms with Gasteiger partial charge in [0.2, 0.25) is 0 Å². The Balaban J connectivity index is 1.92. The van der Waals surface area contributed by atoms with Gasteiger partial charge in [0, 0.05) is 6.54 Å². The van der Waals surface area contributed by atoms with Gasteiger partial charge in [-0.2, -0.15) is 0 Å². The molecular weight excluding hydrogens is 188 g/mol. The molecule has 0 amide bonds. The minimum atomic E-state index is -0.254. The van der Waals surface area contributed by atoms with Crippen molar-refractivity contribution in [1.29, 1.82) is 0 Å². The Kier molecular flexibility index (Phi) is 3.44. The molecule has 0 aromatic carbocycles. The van der Waals surface area contributed by atoms with Crippen LogP contribution in [0, 0.1) is 5.92 Å². The molecular formula is C12H20N2O. The van der Waals surface area contributed by atoms with Crippen LogP contribution in [0.5, 0.6) is 0 Å². The molecule has 2 aliphatic heterocycles. The quantitative estimate of drug-likeness (QED) is 0.702. The first-order valence-electron chi connectivity index (χ1n) is 5.73. The van der Waals surface area contributed by atoms with E-state index in [0.29, 0.717) is 5.92 Å². The number of nitrogens with one attached hydrogen (secondary N) is 1. The first-order chi connectivity index (χ1) is 7.27. The van der Waals surface area contributed by atoms with E-state index in [1.54, 1.807) is 0 Å². The molecule has 0 radical (unpaired) electrons. The van der Waals surface area contributed by atoms with Crippen LogP contribution in [-0.4, -0.2) is 42.8 Å². The fourth-order valence-corrected chi connectivity index (χ4v) is 2.33. The van der Waals surface area contributed by atoms with E-state index in [-0.39, 0.29) is 6.10 Å². The van der Waals surface area contributed by atoms with Gasteiger partial charge in [0.15, 0.2) is 0 Å². The van der Waals surface area contributed by atoms with Gasteiger partial charge < -0.3 is 15.3 Å². The summed E-state index contributed by atoms with van der Waals surface area (Å²) in [6, 6.07) is 0. The van der Waals surface area contributed by atoms with Gasteiger partial charge in [0.25, 0.3) is 0 Å². The maximum absolute atomic E-state index is 10.2. The zero-order chi connectivity index (χ0) is 10.7. The van der Waals surface area contributed by atoms with Crippen LogP contribution < -0.4 is 5.32 Å². The molecule has 0 aliphatic carbocycles. The Morgan fingerprint density at radius 3 is 2.80 bits per heavy atom. The van der Waals surface area contributed by atoms with Gasteiger partial charge in [-0.1, -0.05) is 6.08 Å². The van der Waals surface area contributed by atoms with Crippen LogP contribution >= 0.6 is 0 Å². The van der Waals surface area contributed by atoms with Crippen molar-refractivity contribution in [3.8, 4) is 0 Å². The summed E-state index contributed by atoms with van der Waals surface area (Å²) in [5.74, 6) is 0.445. The monoisotopic (exact) mass is 208 g/mol. The lowest BCUT2D eigenvalue weighted by Gasteiger charge is -2.33. The van der Waals surface area contributed by atoms with E-state index < -0.39 is 0 Å². The molecule has 2 rings (SSSR count). The number of allylic oxidation sites excluding steroid dienone is 2. The summed E-state index contributed by atoms with van der Waals surface area (Å²) in [4.78, 5) is 2.33. The molecule has 2 N–H and O–H groups in total. The van der Waals surface area contributed by atoms with Crippen molar-refractivity contribution >= 4 is 0 Å². The van der Waals surface area contributed by atoms with Crippen LogP contribution in [0.4, 0.5) is 0 Å². The van der Waals surface area contributed by atoms with Crippen LogP contribution in [0.3, 0.4) is 0 Å². The van der Waals surface area contributed by atoms with Crippen LogP contribution in [0.25, 0.3) is 0 Å². The number of rotatable bonds is 2. The average molecular weight is 208 g/mol. The van der Waals surface area contributed by atoms with Crippen molar-refractivity contribution in [2.24, 2.45) is 5.92 Å². The van der Waals surface area contributed by atoms with Gasteiger partial charge in [0.05, 0.1) is 6.10 Å². The number of dihydropyridines is 1. The van der Waals surface area contributed by atoms with Crippen molar-refractivity contribution in [2.45, 2.75) is 18.9 Å². The highest BCUT2D eigenvalue weighted by atomic mass is 16.3. The number of aliphatic hydroxyl groups excluding tert-OH is 1. The summed E-state index contributed by atoms with van der Waals surface area (Å²) in [7, 11) is 2.15. The Bertz CT molecular complexity index is 265. The number of hydrogen-bond donors (Lipinski definition) is 2. The average Bonchev–Trinajstić information content (AvgIpc) is 2.30. The van der Waals surface area contributed by atoms with E-state index in [9.17, 15) is 5.11 Å². The highest BCUT2D eigenvalue weighted by Crippen LogP contribution is 2.24. The summed E-state index contributed by atoms with van der Waals surface area (Å²) >= 11 is 0. The molecule has 0 saturated carbocycles. The molecule has 3 nitrogen and oxygen atoms in total. The molecule has 0 aromatic heterocycles. The highest BCUT2D eigenvalue weighted by Gasteiger charge is 2.26. The largest absolute Gasteiger partial charge is 0.388 e. The standard InChI is InChI=1S/C12H20N2O/c1-14-7-4-10(5-8-14)12(15)11-3-2-6-13-9-11/h2-3,6,10,12-13,15H,4-5,7-9H2,1H3. The van der Waals surface area contributed by atoms with Gasteiger partial charge in [-0.3, -0.25) is 0 Å². The Hall–Kier alpha value is -0.800. The predicted molar refractivity (Wildman–Crippen MR) is 61.5 cm³/mol. The SMILES string of the molecule is CN1CCC(C(O)C2=CC=CNC2)CC1. The molecule has 0 aromatic rings. The zero-order valence-electron chi connectivity index (χ0n) is 9.32. The van der Waals surface area contributed by atoms with Crippen molar-refractivity contribution in [1.82, 2.24) is 10.2 Å². The molecule has 2 aliphatic rings. The number of aliphatic hydroxyl groups is 1. The van der Waals surface area contributed by atoms with Gasteiger partial charge in [-0.15, -0.1) is 0 Å². The third-order valence-corrected chi connectivity index (χ3v) is 3.42. The lowest BCUT2D eigenvalue weighted by Crippen LogP contribution is -2.37. The van der Waals surface area contributed by atoms with Gasteiger partial charge in [-0.05, 0) is 56.7 Å². The highest BCUT2D eigenvalue weighted by molar-refractivity contribution is 5.22. The molecule has 2 heterocycles. The van der Waals surface area contributed by atoms with E-state index in [2.05, 4.69) is 17.3 Å². The number of likely N-dealkylation sites (tertiary alicyclic amines) is 1. The topological polar surface area (TPSA) is 35.5 Å². The van der Waals surface area contributed by atoms with Crippen molar-refractivity contribution in [3.05, 3.63) is 23.9 Å². The van der Waals surface area contributed by atoms with Crippen LogP contribution in [0.2, 0.25) is 0 Å².